The van der Waals surface area contributed by atoms with Crippen LogP contribution in [0.3, 0.4) is 0 Å². The van der Waals surface area contributed by atoms with Crippen LogP contribution in [0.4, 0.5) is 0 Å². The second kappa shape index (κ2) is 19.2. The quantitative estimate of drug-likeness (QED) is 0.0828. The highest BCUT2D eigenvalue weighted by Crippen LogP contribution is 2.27. The SMILES string of the molecule is CC(C)[C@@](C)(O)COC1CCC(NC(=O)c2nc(-n3ccnc3)nc3cc[nH]c23)CC1.CC(C)[C@](C)(O)COC1CCC(NC(=O)c2nc(-n3ccnc3)nc3cc[nH]c23)CC1. The molecule has 6 N–H and O–H groups in total. The number of rotatable bonds is 14. The van der Waals surface area contributed by atoms with Crippen molar-refractivity contribution < 1.29 is 29.3 Å². The van der Waals surface area contributed by atoms with Crippen LogP contribution in [0.25, 0.3) is 34.0 Å². The van der Waals surface area contributed by atoms with Crippen molar-refractivity contribution in [1.82, 2.24) is 59.6 Å². The maximum atomic E-state index is 13.0. The summed E-state index contributed by atoms with van der Waals surface area (Å²) in [4.78, 5) is 58.3. The van der Waals surface area contributed by atoms with E-state index in [0.29, 0.717) is 58.6 Å². The van der Waals surface area contributed by atoms with E-state index in [0.717, 1.165) is 51.4 Å². The first-order valence-electron chi connectivity index (χ1n) is 21.6. The van der Waals surface area contributed by atoms with E-state index in [9.17, 15) is 19.8 Å². The molecule has 0 unspecified atom stereocenters. The molecule has 0 saturated heterocycles. The second-order valence-electron chi connectivity index (χ2n) is 17.7. The van der Waals surface area contributed by atoms with Gasteiger partial charge in [0.1, 0.15) is 12.7 Å². The number of H-pyrrole nitrogens is 2. The van der Waals surface area contributed by atoms with Crippen molar-refractivity contribution in [2.45, 2.75) is 128 Å². The number of hydrogen-bond acceptors (Lipinski definition) is 12. The summed E-state index contributed by atoms with van der Waals surface area (Å²) in [6.07, 6.45) is 20.4. The number of imidazole rings is 2. The summed E-state index contributed by atoms with van der Waals surface area (Å²) in [5, 5.41) is 27.0. The van der Waals surface area contributed by atoms with E-state index in [1.54, 1.807) is 59.0 Å². The van der Waals surface area contributed by atoms with E-state index in [4.69, 9.17) is 9.47 Å². The zero-order chi connectivity index (χ0) is 44.0. The van der Waals surface area contributed by atoms with Gasteiger partial charge in [0.05, 0.1) is 58.7 Å². The monoisotopic (exact) mass is 852 g/mol. The van der Waals surface area contributed by atoms with Crippen LogP contribution in [0, 0.1) is 11.8 Å². The first-order chi connectivity index (χ1) is 29.7. The van der Waals surface area contributed by atoms with Crippen LogP contribution in [0.15, 0.2) is 62.0 Å². The Hall–Kier alpha value is -5.56. The minimum Gasteiger partial charge on any atom is -0.388 e. The third-order valence-electron chi connectivity index (χ3n) is 12.4. The smallest absolute Gasteiger partial charge is 0.272 e. The van der Waals surface area contributed by atoms with Crippen LogP contribution in [0.2, 0.25) is 0 Å². The van der Waals surface area contributed by atoms with E-state index in [-0.39, 0.29) is 47.9 Å². The fraction of sp³-hybridized carbons (Fsp3) is 0.545. The molecule has 2 atom stereocenters. The number of aromatic nitrogens is 10. The zero-order valence-electron chi connectivity index (χ0n) is 36.4. The van der Waals surface area contributed by atoms with Crippen LogP contribution in [0.1, 0.15) is 114 Å². The van der Waals surface area contributed by atoms with Crippen LogP contribution < -0.4 is 10.6 Å². The fourth-order valence-electron chi connectivity index (χ4n) is 7.34. The summed E-state index contributed by atoms with van der Waals surface area (Å²) in [6, 6.07) is 3.77. The second-order valence-corrected chi connectivity index (χ2v) is 17.7. The molecule has 0 spiro atoms. The molecule has 332 valence electrons. The van der Waals surface area contributed by atoms with Crippen molar-refractivity contribution in [3.63, 3.8) is 0 Å². The number of nitrogens with one attached hydrogen (secondary N) is 4. The lowest BCUT2D eigenvalue weighted by molar-refractivity contribution is -0.0942. The number of fused-ring (bicyclic) bond motifs is 2. The highest BCUT2D eigenvalue weighted by molar-refractivity contribution is 6.04. The molecule has 18 nitrogen and oxygen atoms in total. The van der Waals surface area contributed by atoms with Gasteiger partial charge in [0.25, 0.3) is 11.8 Å². The Morgan fingerprint density at radius 1 is 0.677 bits per heavy atom. The summed E-state index contributed by atoms with van der Waals surface area (Å²) in [5.74, 6) is 0.640. The minimum absolute atomic E-state index is 0.0645. The maximum absolute atomic E-state index is 13.0. The molecule has 0 aliphatic heterocycles. The van der Waals surface area contributed by atoms with Gasteiger partial charge in [-0.15, -0.1) is 0 Å². The van der Waals surface area contributed by atoms with Crippen molar-refractivity contribution >= 4 is 33.9 Å². The van der Waals surface area contributed by atoms with E-state index in [2.05, 4.69) is 50.5 Å². The summed E-state index contributed by atoms with van der Waals surface area (Å²) in [5.41, 5.74) is 1.59. The van der Waals surface area contributed by atoms with Crippen LogP contribution >= 0.6 is 0 Å². The van der Waals surface area contributed by atoms with E-state index in [1.165, 1.54) is 0 Å². The Labute approximate surface area is 360 Å². The topological polar surface area (TPSA) is 236 Å². The highest BCUT2D eigenvalue weighted by Gasteiger charge is 2.31. The predicted octanol–water partition coefficient (Wildman–Crippen LogP) is 5.22. The number of aromatic amines is 2. The third kappa shape index (κ3) is 10.7. The van der Waals surface area contributed by atoms with Crippen molar-refractivity contribution in [2.75, 3.05) is 13.2 Å². The predicted molar refractivity (Wildman–Crippen MR) is 232 cm³/mol. The number of aliphatic hydroxyl groups is 2. The van der Waals surface area contributed by atoms with Crippen molar-refractivity contribution in [3.8, 4) is 11.9 Å². The van der Waals surface area contributed by atoms with Gasteiger partial charge in [0, 0.05) is 49.3 Å². The molecule has 6 aromatic heterocycles. The number of carbonyl (C=O) groups excluding carboxylic acids is 2. The molecule has 6 aromatic rings. The summed E-state index contributed by atoms with van der Waals surface area (Å²) >= 11 is 0. The van der Waals surface area contributed by atoms with Gasteiger partial charge in [-0.1, -0.05) is 27.7 Å². The molecule has 2 saturated carbocycles. The zero-order valence-corrected chi connectivity index (χ0v) is 36.4. The molecule has 18 heteroatoms. The molecule has 2 amide bonds. The van der Waals surface area contributed by atoms with Crippen LogP contribution in [-0.2, 0) is 9.47 Å². The number of nitrogens with zero attached hydrogens (tertiary/aromatic N) is 8. The Bertz CT molecular complexity index is 2200. The number of carbonyl (C=O) groups is 2. The van der Waals surface area contributed by atoms with Crippen LogP contribution in [0.5, 0.6) is 0 Å². The van der Waals surface area contributed by atoms with Gasteiger partial charge in [-0.25, -0.2) is 29.9 Å². The van der Waals surface area contributed by atoms with Gasteiger partial charge in [0.2, 0.25) is 11.9 Å². The molecular formula is C44H60N12O6. The molecule has 62 heavy (non-hydrogen) atoms. The lowest BCUT2D eigenvalue weighted by atomic mass is 9.91. The van der Waals surface area contributed by atoms with Crippen molar-refractivity contribution in [3.05, 3.63) is 73.4 Å². The molecule has 2 aliphatic rings. The summed E-state index contributed by atoms with van der Waals surface area (Å²) < 4.78 is 15.3. The molecule has 0 radical (unpaired) electrons. The third-order valence-corrected chi connectivity index (χ3v) is 12.4. The summed E-state index contributed by atoms with van der Waals surface area (Å²) in [6.45, 7) is 12.2. The van der Waals surface area contributed by atoms with E-state index < -0.39 is 11.2 Å². The van der Waals surface area contributed by atoms with Gasteiger partial charge >= 0.3 is 0 Å². The van der Waals surface area contributed by atoms with Crippen molar-refractivity contribution in [1.29, 1.82) is 0 Å². The van der Waals surface area contributed by atoms with E-state index in [1.807, 2.05) is 53.7 Å². The Morgan fingerprint density at radius 2 is 1.06 bits per heavy atom. The summed E-state index contributed by atoms with van der Waals surface area (Å²) in [7, 11) is 0. The highest BCUT2D eigenvalue weighted by atomic mass is 16.5. The standard InChI is InChI=1S/2C22H30N6O3/c2*1-14(2)22(3,30)12-31-16-6-4-15(5-7-16)25-20(29)19-18-17(8-9-24-18)26-21(27-19)28-11-10-23-13-28/h2*8-11,13-16,24,30H,4-7,12H2,1-3H3,(H,25,29)/t2*15?,16?,22-/m10/s1. The molecule has 6 heterocycles. The number of ether oxygens (including phenoxy) is 2. The number of amides is 2. The van der Waals surface area contributed by atoms with Gasteiger partial charge in [-0.05, 0) is 89.2 Å². The Morgan fingerprint density at radius 3 is 1.40 bits per heavy atom. The Kier molecular flexibility index (Phi) is 13.8. The first-order valence-corrected chi connectivity index (χ1v) is 21.6. The van der Waals surface area contributed by atoms with Crippen molar-refractivity contribution in [2.24, 2.45) is 11.8 Å². The largest absolute Gasteiger partial charge is 0.388 e. The maximum Gasteiger partial charge on any atom is 0.272 e. The van der Waals surface area contributed by atoms with Gasteiger partial charge in [0.15, 0.2) is 11.4 Å². The first kappa shape index (κ1) is 44.5. The molecule has 8 rings (SSSR count). The molecule has 0 aromatic carbocycles. The normalized spacial score (nSPS) is 21.3. The lowest BCUT2D eigenvalue weighted by Gasteiger charge is -2.33. The fourth-order valence-corrected chi connectivity index (χ4v) is 7.34. The average Bonchev–Trinajstić information content (AvgIpc) is 4.11. The van der Waals surface area contributed by atoms with Gasteiger partial charge < -0.3 is 40.3 Å². The lowest BCUT2D eigenvalue weighted by Crippen LogP contribution is -2.42. The molecular weight excluding hydrogens is 793 g/mol. The molecule has 2 aliphatic carbocycles. The van der Waals surface area contributed by atoms with Crippen LogP contribution in [-0.4, -0.2) is 120 Å². The minimum atomic E-state index is -0.827. The van der Waals surface area contributed by atoms with E-state index >= 15 is 0 Å². The van der Waals surface area contributed by atoms with Gasteiger partial charge in [-0.3, -0.25) is 18.7 Å². The molecule has 2 fully saturated rings. The average molecular weight is 853 g/mol. The molecule has 0 bridgehead atoms. The Balaban J connectivity index is 0.000000186. The van der Waals surface area contributed by atoms with Gasteiger partial charge in [-0.2, -0.15) is 0 Å². The number of hydrogen-bond donors (Lipinski definition) is 6.